The quantitative estimate of drug-likeness (QED) is 0.863. The smallest absolute Gasteiger partial charge is 0.253 e. The van der Waals surface area contributed by atoms with E-state index in [2.05, 4.69) is 15.1 Å². The molecule has 0 atom stereocenters. The van der Waals surface area contributed by atoms with Crippen molar-refractivity contribution in [2.45, 2.75) is 33.2 Å². The number of aryl methyl sites for hydroxylation is 1. The van der Waals surface area contributed by atoms with Crippen molar-refractivity contribution >= 4 is 5.91 Å². The summed E-state index contributed by atoms with van der Waals surface area (Å²) in [6.45, 7) is 9.81. The first-order chi connectivity index (χ1) is 11.5. The van der Waals surface area contributed by atoms with E-state index >= 15 is 0 Å². The Kier molecular flexibility index (Phi) is 4.94. The molecule has 1 saturated heterocycles. The maximum absolute atomic E-state index is 12.5. The van der Waals surface area contributed by atoms with E-state index in [9.17, 15) is 4.79 Å². The molecule has 0 N–H and O–H groups in total. The lowest BCUT2D eigenvalue weighted by Crippen LogP contribution is -2.48. The number of piperazine rings is 1. The highest BCUT2D eigenvalue weighted by Gasteiger charge is 2.23. The van der Waals surface area contributed by atoms with Crippen molar-refractivity contribution < 1.29 is 9.21 Å². The highest BCUT2D eigenvalue weighted by Crippen LogP contribution is 2.15. The van der Waals surface area contributed by atoms with Gasteiger partial charge in [-0.2, -0.15) is 0 Å². The van der Waals surface area contributed by atoms with Gasteiger partial charge in [0.15, 0.2) is 0 Å². The Balaban J connectivity index is 1.53. The molecule has 0 radical (unpaired) electrons. The van der Waals surface area contributed by atoms with Gasteiger partial charge in [-0.15, -0.1) is 10.2 Å². The fraction of sp³-hybridized carbons (Fsp3) is 0.500. The molecule has 2 heterocycles. The van der Waals surface area contributed by atoms with Crippen LogP contribution in [0, 0.1) is 6.92 Å². The predicted molar refractivity (Wildman–Crippen MR) is 90.7 cm³/mol. The van der Waals surface area contributed by atoms with E-state index in [1.54, 1.807) is 0 Å². The fourth-order valence-corrected chi connectivity index (χ4v) is 2.74. The van der Waals surface area contributed by atoms with Crippen molar-refractivity contribution in [1.29, 1.82) is 0 Å². The molecular weight excluding hydrogens is 304 g/mol. The molecule has 0 saturated carbocycles. The molecule has 6 heteroatoms. The molecule has 128 valence electrons. The topological polar surface area (TPSA) is 62.5 Å². The van der Waals surface area contributed by atoms with Crippen LogP contribution in [0.3, 0.4) is 0 Å². The summed E-state index contributed by atoms with van der Waals surface area (Å²) in [4.78, 5) is 16.7. The first kappa shape index (κ1) is 16.6. The average molecular weight is 328 g/mol. The Labute approximate surface area is 142 Å². The summed E-state index contributed by atoms with van der Waals surface area (Å²) in [5.74, 6) is 1.68. The van der Waals surface area contributed by atoms with E-state index in [4.69, 9.17) is 4.42 Å². The number of hydrogen-bond acceptors (Lipinski definition) is 5. The lowest BCUT2D eigenvalue weighted by Gasteiger charge is -2.34. The molecule has 1 aromatic heterocycles. The molecule has 0 aliphatic carbocycles. The van der Waals surface area contributed by atoms with Crippen LogP contribution in [0.2, 0.25) is 0 Å². The molecule has 1 fully saturated rings. The number of hydrogen-bond donors (Lipinski definition) is 0. The zero-order valence-corrected chi connectivity index (χ0v) is 14.5. The van der Waals surface area contributed by atoms with E-state index < -0.39 is 0 Å². The van der Waals surface area contributed by atoms with Gasteiger partial charge in [0, 0.05) is 37.7 Å². The first-order valence-corrected chi connectivity index (χ1v) is 8.43. The molecule has 0 spiro atoms. The van der Waals surface area contributed by atoms with Gasteiger partial charge in [0.05, 0.1) is 6.54 Å². The maximum atomic E-state index is 12.5. The van der Waals surface area contributed by atoms with Crippen LogP contribution >= 0.6 is 0 Å². The van der Waals surface area contributed by atoms with Crippen molar-refractivity contribution in [3.8, 4) is 0 Å². The Morgan fingerprint density at radius 1 is 1.12 bits per heavy atom. The first-order valence-electron chi connectivity index (χ1n) is 8.43. The van der Waals surface area contributed by atoms with Crippen molar-refractivity contribution in [2.24, 2.45) is 0 Å². The van der Waals surface area contributed by atoms with Crippen LogP contribution in [-0.4, -0.2) is 52.1 Å². The summed E-state index contributed by atoms with van der Waals surface area (Å²) < 4.78 is 5.66. The van der Waals surface area contributed by atoms with E-state index in [1.807, 2.05) is 49.9 Å². The lowest BCUT2D eigenvalue weighted by molar-refractivity contribution is 0.0617. The van der Waals surface area contributed by atoms with Gasteiger partial charge in [0.25, 0.3) is 5.91 Å². The van der Waals surface area contributed by atoms with E-state index in [1.165, 1.54) is 0 Å². The highest BCUT2D eigenvalue weighted by molar-refractivity contribution is 5.94. The summed E-state index contributed by atoms with van der Waals surface area (Å²) >= 11 is 0. The van der Waals surface area contributed by atoms with Crippen LogP contribution in [0.25, 0.3) is 0 Å². The second-order valence-electron chi connectivity index (χ2n) is 6.62. The summed E-state index contributed by atoms with van der Waals surface area (Å²) in [7, 11) is 0. The molecule has 1 amide bonds. The lowest BCUT2D eigenvalue weighted by atomic mass is 10.1. The molecular formula is C18H24N4O2. The third-order valence-corrected chi connectivity index (χ3v) is 4.29. The zero-order chi connectivity index (χ0) is 17.1. The Bertz CT molecular complexity index is 685. The monoisotopic (exact) mass is 328 g/mol. The molecule has 1 aliphatic rings. The minimum Gasteiger partial charge on any atom is -0.424 e. The molecule has 1 aromatic carbocycles. The van der Waals surface area contributed by atoms with Gasteiger partial charge in [0.1, 0.15) is 0 Å². The summed E-state index contributed by atoms with van der Waals surface area (Å²) in [6.07, 6.45) is 0. The summed E-state index contributed by atoms with van der Waals surface area (Å²) in [5.41, 5.74) is 1.92. The minimum absolute atomic E-state index is 0.106. The van der Waals surface area contributed by atoms with E-state index in [-0.39, 0.29) is 11.8 Å². The van der Waals surface area contributed by atoms with Crippen LogP contribution in [0.4, 0.5) is 0 Å². The molecule has 2 aromatic rings. The number of carbonyl (C=O) groups is 1. The van der Waals surface area contributed by atoms with Crippen molar-refractivity contribution in [3.63, 3.8) is 0 Å². The van der Waals surface area contributed by atoms with Gasteiger partial charge < -0.3 is 9.32 Å². The van der Waals surface area contributed by atoms with Crippen molar-refractivity contribution in [1.82, 2.24) is 20.0 Å². The number of aromatic nitrogens is 2. The molecule has 0 bridgehead atoms. The van der Waals surface area contributed by atoms with Gasteiger partial charge in [-0.1, -0.05) is 31.5 Å². The molecule has 1 aliphatic heterocycles. The number of rotatable bonds is 4. The predicted octanol–water partition coefficient (Wildman–Crippen LogP) is 2.46. The van der Waals surface area contributed by atoms with Gasteiger partial charge in [-0.3, -0.25) is 9.69 Å². The molecule has 24 heavy (non-hydrogen) atoms. The van der Waals surface area contributed by atoms with Crippen molar-refractivity contribution in [3.05, 3.63) is 47.2 Å². The van der Waals surface area contributed by atoms with Crippen LogP contribution in [0.1, 0.15) is 47.5 Å². The number of nitrogens with zero attached hydrogens (tertiary/aromatic N) is 4. The van der Waals surface area contributed by atoms with Crippen LogP contribution in [-0.2, 0) is 6.54 Å². The third-order valence-electron chi connectivity index (χ3n) is 4.29. The Morgan fingerprint density at radius 2 is 1.79 bits per heavy atom. The van der Waals surface area contributed by atoms with E-state index in [0.717, 1.165) is 37.3 Å². The summed E-state index contributed by atoms with van der Waals surface area (Å²) in [5, 5.41) is 8.17. The number of carbonyl (C=O) groups excluding carboxylic acids is 1. The summed E-state index contributed by atoms with van der Waals surface area (Å²) in [6, 6.07) is 7.75. The van der Waals surface area contributed by atoms with Crippen LogP contribution in [0.5, 0.6) is 0 Å². The van der Waals surface area contributed by atoms with Gasteiger partial charge in [0.2, 0.25) is 11.8 Å². The Morgan fingerprint density at radius 3 is 2.38 bits per heavy atom. The average Bonchev–Trinajstić information content (AvgIpc) is 3.04. The SMILES string of the molecule is Cc1ccc(C(=O)N2CCN(Cc3nnc(C(C)C)o3)CC2)cc1. The van der Waals surface area contributed by atoms with Crippen LogP contribution < -0.4 is 0 Å². The molecule has 3 rings (SSSR count). The second-order valence-corrected chi connectivity index (χ2v) is 6.62. The van der Waals surface area contributed by atoms with Gasteiger partial charge in [-0.05, 0) is 19.1 Å². The van der Waals surface area contributed by atoms with Crippen molar-refractivity contribution in [2.75, 3.05) is 26.2 Å². The molecule has 6 nitrogen and oxygen atoms in total. The molecule has 0 unspecified atom stereocenters. The Hall–Kier alpha value is -2.21. The fourth-order valence-electron chi connectivity index (χ4n) is 2.74. The minimum atomic E-state index is 0.106. The number of benzene rings is 1. The standard InChI is InChI=1S/C18H24N4O2/c1-13(2)17-20-19-16(24-17)12-21-8-10-22(11-9-21)18(23)15-6-4-14(3)5-7-15/h4-7,13H,8-12H2,1-3H3. The zero-order valence-electron chi connectivity index (χ0n) is 14.5. The van der Waals surface area contributed by atoms with Crippen LogP contribution in [0.15, 0.2) is 28.7 Å². The third kappa shape index (κ3) is 3.82. The number of amides is 1. The maximum Gasteiger partial charge on any atom is 0.253 e. The normalized spacial score (nSPS) is 15.9. The van der Waals surface area contributed by atoms with Gasteiger partial charge in [-0.25, -0.2) is 0 Å². The highest BCUT2D eigenvalue weighted by atomic mass is 16.4. The second kappa shape index (κ2) is 7.13. The largest absolute Gasteiger partial charge is 0.424 e. The van der Waals surface area contributed by atoms with E-state index in [0.29, 0.717) is 18.3 Å². The van der Waals surface area contributed by atoms with Gasteiger partial charge >= 0.3 is 0 Å².